The lowest BCUT2D eigenvalue weighted by atomic mass is 10.1. The Hall–Kier alpha value is -2.69. The molecule has 0 fully saturated rings. The van der Waals surface area contributed by atoms with Crippen molar-refractivity contribution in [2.24, 2.45) is 0 Å². The molecule has 0 bridgehead atoms. The van der Waals surface area contributed by atoms with Gasteiger partial charge in [0.25, 0.3) is 0 Å². The highest BCUT2D eigenvalue weighted by atomic mass is 16.5. The summed E-state index contributed by atoms with van der Waals surface area (Å²) >= 11 is 0. The molecule has 0 aliphatic rings. The molecule has 2 N–H and O–H groups in total. The van der Waals surface area contributed by atoms with Crippen molar-refractivity contribution in [3.63, 3.8) is 0 Å². The summed E-state index contributed by atoms with van der Waals surface area (Å²) in [5, 5.41) is 5.99. The smallest absolute Gasteiger partial charge is 0.243 e. The number of carbonyl (C=O) groups is 1. The zero-order valence-corrected chi connectivity index (χ0v) is 13.9. The number of rotatable bonds is 6. The van der Waals surface area contributed by atoms with E-state index < -0.39 is 0 Å². The fourth-order valence-electron chi connectivity index (χ4n) is 2.19. The van der Waals surface area contributed by atoms with Gasteiger partial charge in [0.2, 0.25) is 5.91 Å². The highest BCUT2D eigenvalue weighted by Crippen LogP contribution is 2.28. The van der Waals surface area contributed by atoms with Crippen molar-refractivity contribution in [3.05, 3.63) is 47.5 Å². The number of benzene rings is 2. The van der Waals surface area contributed by atoms with E-state index in [0.29, 0.717) is 17.2 Å². The van der Waals surface area contributed by atoms with E-state index in [1.807, 2.05) is 32.0 Å². The first kappa shape index (κ1) is 16.7. The number of carbonyl (C=O) groups excluding carboxylic acids is 1. The van der Waals surface area contributed by atoms with Crippen LogP contribution in [-0.2, 0) is 4.79 Å². The molecule has 0 aliphatic heterocycles. The standard InChI is InChI=1S/C18H22N2O3/c1-12-5-6-13(2)15(9-12)20-18(21)11-19-16-10-14(22-3)7-8-17(16)23-4/h5-10,19H,11H2,1-4H3,(H,20,21). The summed E-state index contributed by atoms with van der Waals surface area (Å²) in [5.41, 5.74) is 3.67. The Morgan fingerprint density at radius 2 is 1.78 bits per heavy atom. The predicted octanol–water partition coefficient (Wildman–Crippen LogP) is 3.37. The summed E-state index contributed by atoms with van der Waals surface area (Å²) in [4.78, 5) is 12.2. The van der Waals surface area contributed by atoms with Gasteiger partial charge in [-0.3, -0.25) is 4.79 Å². The van der Waals surface area contributed by atoms with Crippen molar-refractivity contribution in [1.82, 2.24) is 0 Å². The van der Waals surface area contributed by atoms with Crippen molar-refractivity contribution in [2.75, 3.05) is 31.4 Å². The second kappa shape index (κ2) is 7.54. The molecule has 0 saturated carbocycles. The monoisotopic (exact) mass is 314 g/mol. The highest BCUT2D eigenvalue weighted by Gasteiger charge is 2.08. The largest absolute Gasteiger partial charge is 0.497 e. The first-order chi connectivity index (χ1) is 11.0. The van der Waals surface area contributed by atoms with Crippen LogP contribution in [0.15, 0.2) is 36.4 Å². The average Bonchev–Trinajstić information content (AvgIpc) is 2.56. The zero-order valence-electron chi connectivity index (χ0n) is 13.9. The molecule has 2 aromatic rings. The molecule has 0 aliphatic carbocycles. The Bertz CT molecular complexity index is 699. The first-order valence-corrected chi connectivity index (χ1v) is 7.36. The van der Waals surface area contributed by atoms with Gasteiger partial charge in [-0.1, -0.05) is 12.1 Å². The highest BCUT2D eigenvalue weighted by molar-refractivity contribution is 5.94. The molecule has 2 aromatic carbocycles. The molecule has 2 rings (SSSR count). The second-order valence-corrected chi connectivity index (χ2v) is 5.29. The molecule has 0 radical (unpaired) electrons. The molecule has 5 nitrogen and oxygen atoms in total. The first-order valence-electron chi connectivity index (χ1n) is 7.36. The maximum atomic E-state index is 12.2. The van der Waals surface area contributed by atoms with Gasteiger partial charge in [-0.05, 0) is 43.2 Å². The molecule has 0 aromatic heterocycles. The lowest BCUT2D eigenvalue weighted by Crippen LogP contribution is -2.22. The van der Waals surface area contributed by atoms with Gasteiger partial charge in [-0.25, -0.2) is 0 Å². The lowest BCUT2D eigenvalue weighted by molar-refractivity contribution is -0.114. The maximum Gasteiger partial charge on any atom is 0.243 e. The van der Waals surface area contributed by atoms with E-state index in [-0.39, 0.29) is 12.5 Å². The summed E-state index contributed by atoms with van der Waals surface area (Å²) in [5.74, 6) is 1.23. The minimum Gasteiger partial charge on any atom is -0.497 e. The van der Waals surface area contributed by atoms with Gasteiger partial charge >= 0.3 is 0 Å². The quantitative estimate of drug-likeness (QED) is 0.858. The van der Waals surface area contributed by atoms with Gasteiger partial charge in [-0.15, -0.1) is 0 Å². The SMILES string of the molecule is COc1ccc(OC)c(NCC(=O)Nc2cc(C)ccc2C)c1. The van der Waals surface area contributed by atoms with Crippen LogP contribution in [0.5, 0.6) is 11.5 Å². The Morgan fingerprint density at radius 1 is 1.00 bits per heavy atom. The Labute approximate surface area is 136 Å². The predicted molar refractivity (Wildman–Crippen MR) is 92.6 cm³/mol. The van der Waals surface area contributed by atoms with Crippen LogP contribution in [0.4, 0.5) is 11.4 Å². The molecule has 0 heterocycles. The van der Waals surface area contributed by atoms with Gasteiger partial charge in [0.05, 0.1) is 26.5 Å². The average molecular weight is 314 g/mol. The van der Waals surface area contributed by atoms with E-state index in [2.05, 4.69) is 10.6 Å². The van der Waals surface area contributed by atoms with E-state index in [0.717, 1.165) is 16.8 Å². The molecular weight excluding hydrogens is 292 g/mol. The van der Waals surface area contributed by atoms with E-state index in [1.165, 1.54) is 0 Å². The van der Waals surface area contributed by atoms with E-state index in [4.69, 9.17) is 9.47 Å². The summed E-state index contributed by atoms with van der Waals surface area (Å²) < 4.78 is 10.5. The van der Waals surface area contributed by atoms with Crippen LogP contribution in [0.2, 0.25) is 0 Å². The number of methoxy groups -OCH3 is 2. The van der Waals surface area contributed by atoms with E-state index >= 15 is 0 Å². The van der Waals surface area contributed by atoms with E-state index in [9.17, 15) is 4.79 Å². The molecule has 1 amide bonds. The lowest BCUT2D eigenvalue weighted by Gasteiger charge is -2.13. The summed E-state index contributed by atoms with van der Waals surface area (Å²) in [6.45, 7) is 4.10. The van der Waals surface area contributed by atoms with Gasteiger partial charge < -0.3 is 20.1 Å². The van der Waals surface area contributed by atoms with E-state index in [1.54, 1.807) is 32.4 Å². The maximum absolute atomic E-state index is 12.2. The van der Waals surface area contributed by atoms with Gasteiger partial charge in [0.1, 0.15) is 11.5 Å². The number of nitrogens with one attached hydrogen (secondary N) is 2. The van der Waals surface area contributed by atoms with Crippen molar-refractivity contribution in [1.29, 1.82) is 0 Å². The molecule has 23 heavy (non-hydrogen) atoms. The third kappa shape index (κ3) is 4.39. The van der Waals surface area contributed by atoms with Crippen LogP contribution in [0, 0.1) is 13.8 Å². The normalized spacial score (nSPS) is 10.1. The van der Waals surface area contributed by atoms with Crippen LogP contribution >= 0.6 is 0 Å². The Morgan fingerprint density at radius 3 is 2.48 bits per heavy atom. The van der Waals surface area contributed by atoms with Gasteiger partial charge in [0.15, 0.2) is 0 Å². The minimum atomic E-state index is -0.122. The molecule has 122 valence electrons. The number of hydrogen-bond acceptors (Lipinski definition) is 4. The van der Waals surface area contributed by atoms with Crippen LogP contribution in [0.25, 0.3) is 0 Å². The number of ether oxygens (including phenoxy) is 2. The van der Waals surface area contributed by atoms with Crippen molar-refractivity contribution >= 4 is 17.3 Å². The van der Waals surface area contributed by atoms with Crippen LogP contribution in [-0.4, -0.2) is 26.7 Å². The fraction of sp³-hybridized carbons (Fsp3) is 0.278. The van der Waals surface area contributed by atoms with Crippen LogP contribution in [0.3, 0.4) is 0 Å². The van der Waals surface area contributed by atoms with Gasteiger partial charge in [0, 0.05) is 11.8 Å². The van der Waals surface area contributed by atoms with Crippen LogP contribution in [0.1, 0.15) is 11.1 Å². The van der Waals surface area contributed by atoms with Crippen molar-refractivity contribution in [3.8, 4) is 11.5 Å². The molecule has 0 saturated heterocycles. The molecule has 5 heteroatoms. The molecule has 0 unspecified atom stereocenters. The fourth-order valence-corrected chi connectivity index (χ4v) is 2.19. The third-order valence-corrected chi connectivity index (χ3v) is 3.51. The number of anilines is 2. The molecule has 0 spiro atoms. The molecular formula is C18H22N2O3. The molecule has 0 atom stereocenters. The second-order valence-electron chi connectivity index (χ2n) is 5.29. The summed E-state index contributed by atoms with van der Waals surface area (Å²) in [6.07, 6.45) is 0. The minimum absolute atomic E-state index is 0.122. The number of aryl methyl sites for hydroxylation is 2. The summed E-state index contributed by atoms with van der Waals surface area (Å²) in [6, 6.07) is 11.4. The topological polar surface area (TPSA) is 59.6 Å². The number of amides is 1. The Balaban J connectivity index is 2.03. The third-order valence-electron chi connectivity index (χ3n) is 3.51. The van der Waals surface area contributed by atoms with Gasteiger partial charge in [-0.2, -0.15) is 0 Å². The van der Waals surface area contributed by atoms with Crippen molar-refractivity contribution in [2.45, 2.75) is 13.8 Å². The number of hydrogen-bond donors (Lipinski definition) is 2. The zero-order chi connectivity index (χ0) is 16.8. The van der Waals surface area contributed by atoms with Crippen LogP contribution < -0.4 is 20.1 Å². The summed E-state index contributed by atoms with van der Waals surface area (Å²) in [7, 11) is 3.18. The Kier molecular flexibility index (Phi) is 5.46. The van der Waals surface area contributed by atoms with Crippen molar-refractivity contribution < 1.29 is 14.3 Å².